The Morgan fingerprint density at radius 2 is 1.84 bits per heavy atom. The molecule has 0 bridgehead atoms. The molecular weight excluding hydrogens is 417 g/mol. The zero-order chi connectivity index (χ0) is 22.9. The molecule has 3 heterocycles. The number of rotatable bonds is 3. The van der Waals surface area contributed by atoms with Crippen molar-refractivity contribution >= 4 is 23.5 Å². The summed E-state index contributed by atoms with van der Waals surface area (Å²) in [5.41, 5.74) is 0.284. The molecular formula is C23H26FN3O5. The zero-order valence-electron chi connectivity index (χ0n) is 17.9. The number of benzene rings is 1. The number of nitrogens with one attached hydrogen (secondary N) is 1. The smallest absolute Gasteiger partial charge is 0.295 e. The maximum atomic E-state index is 13.3. The number of hydrogen-bond donors (Lipinski definition) is 1. The third-order valence-electron chi connectivity index (χ3n) is 6.65. The van der Waals surface area contributed by atoms with Crippen LogP contribution in [0.1, 0.15) is 31.7 Å². The molecule has 170 valence electrons. The highest BCUT2D eigenvalue weighted by molar-refractivity contribution is 6.42. The minimum atomic E-state index is -1.21. The van der Waals surface area contributed by atoms with Crippen LogP contribution in [0.25, 0.3) is 0 Å². The van der Waals surface area contributed by atoms with E-state index in [4.69, 9.17) is 4.74 Å². The topological polar surface area (TPSA) is 96.0 Å². The summed E-state index contributed by atoms with van der Waals surface area (Å²) in [6.07, 6.45) is 2.83. The van der Waals surface area contributed by atoms with Gasteiger partial charge in [0.05, 0.1) is 12.3 Å². The highest BCUT2D eigenvalue weighted by Crippen LogP contribution is 2.50. The molecule has 0 aliphatic carbocycles. The normalized spacial score (nSPS) is 22.6. The second-order valence-corrected chi connectivity index (χ2v) is 8.49. The van der Waals surface area contributed by atoms with Gasteiger partial charge in [0.1, 0.15) is 18.0 Å². The van der Waals surface area contributed by atoms with Crippen molar-refractivity contribution in [2.75, 3.05) is 26.2 Å². The second kappa shape index (κ2) is 8.72. The van der Waals surface area contributed by atoms with E-state index in [0.29, 0.717) is 56.8 Å². The van der Waals surface area contributed by atoms with Crippen molar-refractivity contribution in [3.63, 3.8) is 0 Å². The number of ketones is 1. The summed E-state index contributed by atoms with van der Waals surface area (Å²) in [7, 11) is 0. The number of halogens is 1. The predicted octanol–water partition coefficient (Wildman–Crippen LogP) is 1.36. The number of carbonyl (C=O) groups is 4. The summed E-state index contributed by atoms with van der Waals surface area (Å²) < 4.78 is 18.8. The number of fused-ring (bicyclic) bond motifs is 2. The summed E-state index contributed by atoms with van der Waals surface area (Å²) in [5, 5.41) is 2.75. The Morgan fingerprint density at radius 1 is 1.16 bits per heavy atom. The molecule has 8 nitrogen and oxygen atoms in total. The standard InChI is InChI=1S/C23H26FN3O5/c1-15(28)26-10-7-23(8-11-26)18-14-32-12-2-9-27(18)22(31)20(29)19(23)21(30)25-13-16-3-5-17(24)6-4-16/h3-6,14,19H,2,7-13H2,1H3,(H,25,30). The summed E-state index contributed by atoms with van der Waals surface area (Å²) in [6, 6.07) is 5.69. The van der Waals surface area contributed by atoms with Crippen molar-refractivity contribution in [3.05, 3.63) is 47.6 Å². The zero-order valence-corrected chi connectivity index (χ0v) is 17.9. The van der Waals surface area contributed by atoms with Crippen LogP contribution in [-0.4, -0.2) is 59.5 Å². The van der Waals surface area contributed by atoms with Crippen LogP contribution in [-0.2, 0) is 30.5 Å². The Bertz CT molecular complexity index is 966. The van der Waals surface area contributed by atoms with Gasteiger partial charge in [0.2, 0.25) is 17.6 Å². The highest BCUT2D eigenvalue weighted by atomic mass is 19.1. The summed E-state index contributed by atoms with van der Waals surface area (Å²) in [4.78, 5) is 54.5. The van der Waals surface area contributed by atoms with Gasteiger partial charge in [-0.1, -0.05) is 12.1 Å². The van der Waals surface area contributed by atoms with E-state index < -0.39 is 28.9 Å². The predicted molar refractivity (Wildman–Crippen MR) is 111 cm³/mol. The number of amides is 3. The molecule has 3 aliphatic rings. The molecule has 1 aromatic carbocycles. The van der Waals surface area contributed by atoms with Gasteiger partial charge in [-0.3, -0.25) is 19.2 Å². The molecule has 4 rings (SSSR count). The average molecular weight is 443 g/mol. The van der Waals surface area contributed by atoms with Gasteiger partial charge in [0.15, 0.2) is 0 Å². The number of ether oxygens (including phenoxy) is 1. The quantitative estimate of drug-likeness (QED) is 0.562. The van der Waals surface area contributed by atoms with Crippen LogP contribution in [0, 0.1) is 17.2 Å². The van der Waals surface area contributed by atoms with E-state index in [-0.39, 0.29) is 18.3 Å². The Balaban J connectivity index is 1.65. The number of likely N-dealkylation sites (tertiary alicyclic amines) is 1. The lowest BCUT2D eigenvalue weighted by molar-refractivity contribution is -0.159. The van der Waals surface area contributed by atoms with Crippen molar-refractivity contribution in [1.29, 1.82) is 0 Å². The number of nitrogens with zero attached hydrogens (tertiary/aromatic N) is 2. The number of Topliss-reactive ketones (excluding diaryl/α,β-unsaturated/α-hetero) is 1. The molecule has 1 atom stereocenters. The fourth-order valence-electron chi connectivity index (χ4n) is 4.91. The molecule has 1 spiro atoms. The van der Waals surface area contributed by atoms with Crippen molar-refractivity contribution in [1.82, 2.24) is 15.1 Å². The molecule has 0 aromatic heterocycles. The van der Waals surface area contributed by atoms with Gasteiger partial charge in [-0.05, 0) is 37.0 Å². The van der Waals surface area contributed by atoms with Crippen LogP contribution < -0.4 is 5.32 Å². The van der Waals surface area contributed by atoms with E-state index in [0.717, 1.165) is 0 Å². The van der Waals surface area contributed by atoms with Crippen LogP contribution in [0.15, 0.2) is 36.2 Å². The fraction of sp³-hybridized carbons (Fsp3) is 0.478. The SMILES string of the molecule is CC(=O)N1CCC2(CC1)C1=COCCCN1C(=O)C(=O)C2C(=O)NCc1ccc(F)cc1. The van der Waals surface area contributed by atoms with Gasteiger partial charge in [0.25, 0.3) is 5.91 Å². The fourth-order valence-corrected chi connectivity index (χ4v) is 4.91. The van der Waals surface area contributed by atoms with Crippen LogP contribution in [0.4, 0.5) is 4.39 Å². The molecule has 1 N–H and O–H groups in total. The maximum Gasteiger partial charge on any atom is 0.295 e. The molecule has 2 saturated heterocycles. The molecule has 3 amide bonds. The van der Waals surface area contributed by atoms with Gasteiger partial charge >= 0.3 is 0 Å². The van der Waals surface area contributed by atoms with E-state index in [1.54, 1.807) is 17.0 Å². The lowest BCUT2D eigenvalue weighted by atomic mass is 9.62. The van der Waals surface area contributed by atoms with Crippen LogP contribution in [0.5, 0.6) is 0 Å². The highest BCUT2D eigenvalue weighted by Gasteiger charge is 2.59. The second-order valence-electron chi connectivity index (χ2n) is 8.49. The number of allylic oxidation sites excluding steroid dienone is 1. The van der Waals surface area contributed by atoms with Crippen LogP contribution in [0.3, 0.4) is 0 Å². The molecule has 9 heteroatoms. The third-order valence-corrected chi connectivity index (χ3v) is 6.65. The number of carbonyl (C=O) groups excluding carboxylic acids is 4. The molecule has 0 saturated carbocycles. The van der Waals surface area contributed by atoms with Crippen LogP contribution in [0.2, 0.25) is 0 Å². The maximum absolute atomic E-state index is 13.3. The Kier molecular flexibility index (Phi) is 5.99. The molecule has 1 unspecified atom stereocenters. The Hall–Kier alpha value is -3.23. The molecule has 2 fully saturated rings. The third kappa shape index (κ3) is 3.87. The average Bonchev–Trinajstić information content (AvgIpc) is 3.05. The molecule has 3 aliphatic heterocycles. The molecule has 0 radical (unpaired) electrons. The van der Waals surface area contributed by atoms with Crippen molar-refractivity contribution < 1.29 is 28.3 Å². The first-order valence-corrected chi connectivity index (χ1v) is 10.8. The van der Waals surface area contributed by atoms with Crippen molar-refractivity contribution in [2.45, 2.75) is 32.7 Å². The summed E-state index contributed by atoms with van der Waals surface area (Å²) in [5.74, 6) is -3.66. The van der Waals surface area contributed by atoms with E-state index in [2.05, 4.69) is 5.32 Å². The summed E-state index contributed by atoms with van der Waals surface area (Å²) >= 11 is 0. The van der Waals surface area contributed by atoms with Crippen molar-refractivity contribution in [2.24, 2.45) is 11.3 Å². The van der Waals surface area contributed by atoms with E-state index in [9.17, 15) is 23.6 Å². The largest absolute Gasteiger partial charge is 0.499 e. The number of piperidine rings is 2. The van der Waals surface area contributed by atoms with E-state index >= 15 is 0 Å². The minimum absolute atomic E-state index is 0.0710. The number of hydrogen-bond acceptors (Lipinski definition) is 5. The molecule has 32 heavy (non-hydrogen) atoms. The first-order chi connectivity index (χ1) is 15.3. The lowest BCUT2D eigenvalue weighted by Gasteiger charge is -2.51. The van der Waals surface area contributed by atoms with E-state index in [1.807, 2.05) is 0 Å². The lowest BCUT2D eigenvalue weighted by Crippen LogP contribution is -2.62. The first kappa shape index (κ1) is 22.0. The first-order valence-electron chi connectivity index (χ1n) is 10.8. The minimum Gasteiger partial charge on any atom is -0.499 e. The Labute approximate surface area is 185 Å². The van der Waals surface area contributed by atoms with E-state index in [1.165, 1.54) is 30.2 Å². The van der Waals surface area contributed by atoms with Gasteiger partial charge in [-0.15, -0.1) is 0 Å². The van der Waals surface area contributed by atoms with Gasteiger partial charge in [-0.25, -0.2) is 4.39 Å². The summed E-state index contributed by atoms with van der Waals surface area (Å²) in [6.45, 7) is 3.11. The monoisotopic (exact) mass is 443 g/mol. The molecule has 1 aromatic rings. The van der Waals surface area contributed by atoms with Crippen LogP contribution >= 0.6 is 0 Å². The van der Waals surface area contributed by atoms with Gasteiger partial charge in [0, 0.05) is 38.5 Å². The van der Waals surface area contributed by atoms with Gasteiger partial charge in [-0.2, -0.15) is 0 Å². The Morgan fingerprint density at radius 3 is 2.50 bits per heavy atom. The van der Waals surface area contributed by atoms with Gasteiger partial charge < -0.3 is 19.9 Å². The van der Waals surface area contributed by atoms with Crippen molar-refractivity contribution in [3.8, 4) is 0 Å².